The van der Waals surface area contributed by atoms with Crippen LogP contribution in [0.25, 0.3) is 0 Å². The van der Waals surface area contributed by atoms with Crippen molar-refractivity contribution in [3.05, 3.63) is 0 Å². The van der Waals surface area contributed by atoms with Gasteiger partial charge in [-0.3, -0.25) is 141 Å². The van der Waals surface area contributed by atoms with E-state index in [1.807, 2.05) is 6.92 Å². The molecule has 37 nitrogen and oxygen atoms in total. The van der Waals surface area contributed by atoms with E-state index < -0.39 is 146 Å². The largest absolute Gasteiger partial charge is 0.459 e. The van der Waals surface area contributed by atoms with E-state index in [2.05, 4.69) is 19.5 Å². The first-order valence-corrected chi connectivity index (χ1v) is 43.2. The number of hydroxylamine groups is 2. The number of hydrogen-bond acceptors (Lipinski definition) is 31. The first-order chi connectivity index (χ1) is 60.4. The number of nitrogens with one attached hydrogen (secondary N) is 1. The molecule has 0 aromatic carbocycles. The van der Waals surface area contributed by atoms with Crippen LogP contribution in [0.4, 0.5) is 43.9 Å². The number of thioether (sulfide) groups is 1. The lowest BCUT2D eigenvalue weighted by Gasteiger charge is -2.28. The predicted octanol–water partition coefficient (Wildman–Crippen LogP) is 7.88. The minimum atomic E-state index is -4.75. The molecule has 11 saturated heterocycles. The van der Waals surface area contributed by atoms with Crippen LogP contribution in [0.15, 0.2) is 0 Å². The number of imide groups is 7. The number of esters is 8. The van der Waals surface area contributed by atoms with E-state index in [-0.39, 0.29) is 164 Å². The molecule has 12 fully saturated rings. The summed E-state index contributed by atoms with van der Waals surface area (Å²) in [5, 5.41) is 11.2. The van der Waals surface area contributed by atoms with E-state index in [4.69, 9.17) is 14.7 Å². The number of alkyl halides is 10. The summed E-state index contributed by atoms with van der Waals surface area (Å²) in [4.78, 5) is 270. The van der Waals surface area contributed by atoms with E-state index in [0.29, 0.717) is 30.6 Å². The van der Waals surface area contributed by atoms with Crippen LogP contribution in [0, 0.1) is 106 Å². The third-order valence-corrected chi connectivity index (χ3v) is 27.6. The molecule has 0 bridgehead atoms. The molecule has 2 N–H and O–H groups in total. The molecule has 11 heterocycles. The van der Waals surface area contributed by atoms with Gasteiger partial charge in [-0.15, -0.1) is 0 Å². The van der Waals surface area contributed by atoms with Gasteiger partial charge in [-0.25, -0.2) is 27.2 Å². The summed E-state index contributed by atoms with van der Waals surface area (Å²) in [5.41, 5.74) is -17.4. The summed E-state index contributed by atoms with van der Waals surface area (Å²) in [6, 6.07) is 0. The van der Waals surface area contributed by atoms with Crippen molar-refractivity contribution in [3.63, 3.8) is 0 Å². The monoisotopic (exact) mass is 1950 g/mol. The minimum absolute atomic E-state index is 0.0208. The Morgan fingerprint density at radius 2 is 0.709 bits per heavy atom. The van der Waals surface area contributed by atoms with Crippen molar-refractivity contribution in [2.45, 2.75) is 258 Å². The van der Waals surface area contributed by atoms with Crippen LogP contribution in [0.3, 0.4) is 0 Å². The maximum atomic E-state index is 13.3. The van der Waals surface area contributed by atoms with Gasteiger partial charge in [0.2, 0.25) is 81.7 Å². The van der Waals surface area contributed by atoms with Gasteiger partial charge in [0.1, 0.15) is 24.3 Å². The highest BCUT2D eigenvalue weighted by Crippen LogP contribution is 2.51. The number of nitrogens with zero attached hydrogens (tertiary/aromatic N) is 6. The van der Waals surface area contributed by atoms with Gasteiger partial charge in [-0.2, -0.15) is 31.4 Å². The molecule has 22 unspecified atom stereocenters. The molecule has 12 aliphatic rings. The summed E-state index contributed by atoms with van der Waals surface area (Å²) >= 11 is 0.859. The highest BCUT2D eigenvalue weighted by atomic mass is 32.2. The third kappa shape index (κ3) is 25.3. The summed E-state index contributed by atoms with van der Waals surface area (Å²) in [5.74, 6) is -20.3. The predicted molar refractivity (Wildman–Crippen MR) is 441 cm³/mol. The fraction of sp³-hybridized carbons (Fsp3) is 0.721. The zero-order valence-electron chi connectivity index (χ0n) is 79.8. The van der Waals surface area contributed by atoms with Gasteiger partial charge in [-0.1, -0.05) is 118 Å². The van der Waals surface area contributed by atoms with Crippen LogP contribution in [0.1, 0.15) is 212 Å². The lowest BCUT2D eigenvalue weighted by atomic mass is 9.79. The molecule has 48 heteroatoms. The lowest BCUT2D eigenvalue weighted by Crippen LogP contribution is -2.45. The second-order valence-electron chi connectivity index (χ2n) is 36.5. The molecule has 11 aliphatic heterocycles. The number of hydrogen-bond donors (Lipinski definition) is 2. The van der Waals surface area contributed by atoms with Crippen molar-refractivity contribution >= 4 is 152 Å². The summed E-state index contributed by atoms with van der Waals surface area (Å²) in [6.45, 7) is 37.3. The topological polar surface area (TPSA) is 508 Å². The van der Waals surface area contributed by atoms with Crippen molar-refractivity contribution in [2.75, 3.05) is 34.2 Å². The number of carbonyl (C=O) groups is 24. The quantitative estimate of drug-likeness (QED) is 0.0637. The van der Waals surface area contributed by atoms with Gasteiger partial charge in [0.05, 0.1) is 23.7 Å². The third-order valence-electron chi connectivity index (χ3n) is 26.4. The van der Waals surface area contributed by atoms with Crippen molar-refractivity contribution in [1.82, 2.24) is 34.9 Å². The highest BCUT2D eigenvalue weighted by molar-refractivity contribution is 8.26. The molecule has 754 valence electrons. The average Bonchev–Trinajstić information content (AvgIpc) is 1.58. The van der Waals surface area contributed by atoms with Crippen molar-refractivity contribution in [3.8, 4) is 0 Å². The van der Waals surface area contributed by atoms with Crippen LogP contribution in [0.2, 0.25) is 0 Å². The fourth-order valence-corrected chi connectivity index (χ4v) is 14.4. The van der Waals surface area contributed by atoms with Crippen molar-refractivity contribution in [1.29, 1.82) is 0 Å². The lowest BCUT2D eigenvalue weighted by molar-refractivity contribution is -0.225. The number of carbonyl (C=O) groups excluding carboxylic acids is 24. The maximum absolute atomic E-state index is 13.3. The molecule has 12 rings (SSSR count). The van der Waals surface area contributed by atoms with Crippen LogP contribution in [-0.2, 0) is 139 Å². The Bertz CT molecular complexity index is 4360. The Labute approximate surface area is 770 Å². The first kappa shape index (κ1) is 119. The van der Waals surface area contributed by atoms with Crippen molar-refractivity contribution in [2.24, 2.45) is 106 Å². The van der Waals surface area contributed by atoms with Gasteiger partial charge in [0, 0.05) is 92.2 Å². The number of amides is 14. The molecule has 0 aromatic rings. The van der Waals surface area contributed by atoms with Gasteiger partial charge in [0.25, 0.3) is 23.6 Å². The molecule has 0 radical (unpaired) electrons. The average molecular weight is 1950 g/mol. The zero-order chi connectivity index (χ0) is 105. The summed E-state index contributed by atoms with van der Waals surface area (Å²) in [7, 11) is 3.66. The molecule has 0 aromatic heterocycles. The molecule has 22 atom stereocenters. The smallest absolute Gasteiger partial charge is 0.405 e. The second-order valence-corrected chi connectivity index (χ2v) is 37.5. The number of halogens is 10. The molecular weight excluding hydrogens is 1830 g/mol. The standard InChI is InChI=1S/C15H23NO4.C12H19NO4.C8H10F3NO2.C7H7F3O3.C7H9F2NO2.C7H11NO2.C6H6F2O3.C6H9NO3.C6H9NO2.C6H8O3.C6H8O2S/c1-4-15(7-5-6-8-15)20-12(17)9-16-13(18)10(2)11(3)14(16)19;1-7-8(2)11(16)13(10(7)15)6-9(14)17-12(3,4)5;1-4-5(13)12(3)6(14)7(4,2)8(9,10)11;1-3-4(11)13-5(12)6(3,2)7(8,9)10;1-6(8)4(11)10(3)5(12)7(6,2)9;1-4-5(2)7(10)8(3)6(4)9;1-5(7)3(9)11-4(10)6(5,2)8;1-3-4(2)6(9)7(10)5(3)8;1-3-4(2)6(9)7-5(3)8;2*1-3-4(2)6(8)9-5(3)7/h10-11H,4-9H2,1-3H3;7-8H,6H2,1-5H3;4H,1-3H3;3H,1-2H3;1-3H3;4-5H,1-3H3;1-2H3;3-4,10H,1-2H3;3-4H,1-2H3,(H,7,8,9);2*3-4H,1-2H3. The van der Waals surface area contributed by atoms with E-state index in [1.54, 1.807) is 118 Å². The summed E-state index contributed by atoms with van der Waals surface area (Å²) < 4.78 is 150. The Morgan fingerprint density at radius 3 is 0.881 bits per heavy atom. The Morgan fingerprint density at radius 1 is 0.388 bits per heavy atom. The van der Waals surface area contributed by atoms with Crippen LogP contribution in [-0.4, -0.2) is 256 Å². The number of ether oxygens (including phenoxy) is 5. The highest BCUT2D eigenvalue weighted by Gasteiger charge is 2.70. The van der Waals surface area contributed by atoms with E-state index >= 15 is 0 Å². The van der Waals surface area contributed by atoms with Gasteiger partial charge >= 0.3 is 60.1 Å². The van der Waals surface area contributed by atoms with Gasteiger partial charge in [-0.05, 0) is 106 Å². The molecule has 0 spiro atoms. The SMILES string of the molecule is CC1(F)C(=O)OC(=O)C1(C)F.CC1C(=O)N(C)C(=O)C1(C)C(F)(F)F.CC1C(=O)N(C)C(=O)C1C.CC1C(=O)N(CC(=O)OC(C)(C)C)C(=O)C1C.CC1C(=O)N(O)C(=O)C1C.CC1C(=O)NC(=O)C1C.CC1C(=O)OC(=O)C1(C)C(F)(F)F.CC1C(=O)OC(=O)C1C.CC1C(=O)SC(=O)C1C.CCC1(OC(=O)CN2C(=O)C(C)C(C)C2=O)CCCC1.CN1C(=O)C(C)(F)C(C)(F)C1=O. The summed E-state index contributed by atoms with van der Waals surface area (Å²) in [6.07, 6.45) is -4.77. The minimum Gasteiger partial charge on any atom is -0.459 e. The number of likely N-dealkylation sites (tertiary alicyclic amines) is 5. The molecular formula is C86H119F10N7O30S. The molecule has 1 saturated carbocycles. The maximum Gasteiger partial charge on any atom is 0.405 e. The molecule has 134 heavy (non-hydrogen) atoms. The molecule has 14 amide bonds. The zero-order valence-corrected chi connectivity index (χ0v) is 80.7. The molecule has 1 aliphatic carbocycles. The van der Waals surface area contributed by atoms with Gasteiger partial charge in [0.15, 0.2) is 21.1 Å². The number of cyclic esters (lactones) is 6. The number of rotatable bonds is 6. The van der Waals surface area contributed by atoms with Gasteiger partial charge < -0.3 is 23.7 Å². The fourth-order valence-electron chi connectivity index (χ4n) is 13.5. The van der Waals surface area contributed by atoms with Crippen molar-refractivity contribution < 1.29 is 188 Å². The normalized spacial score (nSPS) is 34.1. The van der Waals surface area contributed by atoms with Crippen LogP contribution < -0.4 is 5.32 Å². The van der Waals surface area contributed by atoms with E-state index in [0.717, 1.165) is 102 Å². The Balaban J connectivity index is 0.000000503. The second kappa shape index (κ2) is 44.4. The van der Waals surface area contributed by atoms with E-state index in [1.165, 1.54) is 11.9 Å². The van der Waals surface area contributed by atoms with E-state index in [9.17, 15) is 159 Å². The Kier molecular flexibility index (Phi) is 39.5. The van der Waals surface area contributed by atoms with Crippen LogP contribution in [0.5, 0.6) is 0 Å². The Hall–Kier alpha value is -10.7. The van der Waals surface area contributed by atoms with Crippen LogP contribution >= 0.6 is 11.8 Å². The first-order valence-electron chi connectivity index (χ1n) is 42.3.